The Morgan fingerprint density at radius 1 is 0.882 bits per heavy atom. The molecule has 0 N–H and O–H groups in total. The van der Waals surface area contributed by atoms with E-state index in [9.17, 15) is 0 Å². The zero-order valence-electron chi connectivity index (χ0n) is 9.52. The fourth-order valence-electron chi connectivity index (χ4n) is 2.23. The van der Waals surface area contributed by atoms with Crippen LogP contribution in [0.4, 0.5) is 0 Å². The molecule has 2 aromatic carbocycles. The van der Waals surface area contributed by atoms with Gasteiger partial charge in [-0.3, -0.25) is 4.98 Å². The summed E-state index contributed by atoms with van der Waals surface area (Å²) in [5, 5.41) is 3.73. The van der Waals surface area contributed by atoms with Gasteiger partial charge in [-0.05, 0) is 18.4 Å². The van der Waals surface area contributed by atoms with Crippen LogP contribution in [0, 0.1) is 0 Å². The second kappa shape index (κ2) is 4.11. The SMILES string of the molecule is CC(Br)c1nc2ccccc2c2ccccc12. The van der Waals surface area contributed by atoms with Gasteiger partial charge >= 0.3 is 0 Å². The van der Waals surface area contributed by atoms with Gasteiger partial charge < -0.3 is 0 Å². The summed E-state index contributed by atoms with van der Waals surface area (Å²) in [4.78, 5) is 5.02. The lowest BCUT2D eigenvalue weighted by Crippen LogP contribution is -1.93. The summed E-state index contributed by atoms with van der Waals surface area (Å²) in [6, 6.07) is 16.8. The number of halogens is 1. The molecule has 17 heavy (non-hydrogen) atoms. The Bertz CT molecular complexity index is 689. The quantitative estimate of drug-likeness (QED) is 0.460. The van der Waals surface area contributed by atoms with Gasteiger partial charge in [0.1, 0.15) is 0 Å². The predicted molar refractivity (Wildman–Crippen MR) is 76.6 cm³/mol. The number of nitrogens with zero attached hydrogens (tertiary/aromatic N) is 1. The number of alkyl halides is 1. The van der Waals surface area contributed by atoms with Gasteiger partial charge in [0.25, 0.3) is 0 Å². The third-order valence-corrected chi connectivity index (χ3v) is 3.45. The monoisotopic (exact) mass is 285 g/mol. The smallest absolute Gasteiger partial charge is 0.0712 e. The van der Waals surface area contributed by atoms with Crippen molar-refractivity contribution in [1.29, 1.82) is 0 Å². The molecule has 1 atom stereocenters. The van der Waals surface area contributed by atoms with Crippen molar-refractivity contribution in [1.82, 2.24) is 4.98 Å². The number of pyridine rings is 1. The molecule has 1 aromatic heterocycles. The molecule has 0 radical (unpaired) electrons. The highest BCUT2D eigenvalue weighted by Gasteiger charge is 2.10. The van der Waals surface area contributed by atoms with Crippen molar-refractivity contribution in [2.45, 2.75) is 11.8 Å². The fourth-order valence-corrected chi connectivity index (χ4v) is 2.58. The number of benzene rings is 2. The molecular weight excluding hydrogens is 274 g/mol. The summed E-state index contributed by atoms with van der Waals surface area (Å²) in [5.41, 5.74) is 2.17. The summed E-state index contributed by atoms with van der Waals surface area (Å²) in [6.45, 7) is 2.11. The molecule has 0 aliphatic heterocycles. The topological polar surface area (TPSA) is 12.9 Å². The second-order valence-corrected chi connectivity index (χ2v) is 5.55. The first kappa shape index (κ1) is 10.7. The molecule has 1 nitrogen and oxygen atoms in total. The maximum atomic E-state index is 4.76. The molecule has 0 bridgehead atoms. The standard InChI is InChI=1S/C15H12BrN/c1-10(16)15-13-8-3-2-6-11(13)12-7-4-5-9-14(12)17-15/h2-10H,1H3. The summed E-state index contributed by atoms with van der Waals surface area (Å²) in [7, 11) is 0. The van der Waals surface area contributed by atoms with Gasteiger partial charge in [0.15, 0.2) is 0 Å². The first-order valence-electron chi connectivity index (χ1n) is 5.69. The number of para-hydroxylation sites is 1. The molecule has 1 heterocycles. The van der Waals surface area contributed by atoms with Gasteiger partial charge in [0, 0.05) is 10.8 Å². The van der Waals surface area contributed by atoms with E-state index < -0.39 is 0 Å². The van der Waals surface area contributed by atoms with Crippen molar-refractivity contribution in [3.05, 3.63) is 54.2 Å². The normalized spacial score (nSPS) is 13.1. The molecule has 3 aromatic rings. The molecule has 1 unspecified atom stereocenters. The van der Waals surface area contributed by atoms with E-state index in [0.717, 1.165) is 11.2 Å². The Hall–Kier alpha value is -1.41. The lowest BCUT2D eigenvalue weighted by molar-refractivity contribution is 1.06. The lowest BCUT2D eigenvalue weighted by Gasteiger charge is -2.10. The predicted octanol–water partition coefficient (Wildman–Crippen LogP) is 4.84. The number of hydrogen-bond acceptors (Lipinski definition) is 1. The van der Waals surface area contributed by atoms with Crippen molar-refractivity contribution in [3.8, 4) is 0 Å². The first-order valence-corrected chi connectivity index (χ1v) is 6.60. The molecule has 2 heteroatoms. The van der Waals surface area contributed by atoms with E-state index in [0.29, 0.717) is 0 Å². The summed E-state index contributed by atoms with van der Waals surface area (Å²) < 4.78 is 0. The van der Waals surface area contributed by atoms with E-state index in [1.165, 1.54) is 16.2 Å². The van der Waals surface area contributed by atoms with Crippen LogP contribution in [-0.2, 0) is 0 Å². The Labute approximate surface area is 109 Å². The van der Waals surface area contributed by atoms with Gasteiger partial charge in [0.2, 0.25) is 0 Å². The first-order chi connectivity index (χ1) is 8.27. The van der Waals surface area contributed by atoms with E-state index in [2.05, 4.69) is 65.3 Å². The lowest BCUT2D eigenvalue weighted by atomic mass is 10.0. The van der Waals surface area contributed by atoms with Crippen molar-refractivity contribution >= 4 is 37.6 Å². The number of aromatic nitrogens is 1. The Balaban J connectivity index is 2.55. The molecule has 0 amide bonds. The van der Waals surface area contributed by atoms with Crippen LogP contribution < -0.4 is 0 Å². The van der Waals surface area contributed by atoms with E-state index in [1.807, 2.05) is 6.07 Å². The van der Waals surface area contributed by atoms with Crippen LogP contribution in [0.25, 0.3) is 21.7 Å². The van der Waals surface area contributed by atoms with Crippen LogP contribution in [0.15, 0.2) is 48.5 Å². The van der Waals surface area contributed by atoms with Crippen LogP contribution in [-0.4, -0.2) is 4.98 Å². The zero-order valence-corrected chi connectivity index (χ0v) is 11.1. The van der Waals surface area contributed by atoms with Gasteiger partial charge in [-0.2, -0.15) is 0 Å². The minimum atomic E-state index is 0.261. The molecule has 0 spiro atoms. The van der Waals surface area contributed by atoms with Crippen LogP contribution in [0.5, 0.6) is 0 Å². The largest absolute Gasteiger partial charge is 0.251 e. The van der Waals surface area contributed by atoms with Gasteiger partial charge in [0.05, 0.1) is 16.0 Å². The number of hydrogen-bond donors (Lipinski definition) is 0. The summed E-state index contributed by atoms with van der Waals surface area (Å²) in [5.74, 6) is 0. The van der Waals surface area contributed by atoms with Crippen LogP contribution >= 0.6 is 15.9 Å². The molecule has 0 aliphatic carbocycles. The molecule has 0 saturated heterocycles. The van der Waals surface area contributed by atoms with Crippen LogP contribution in [0.1, 0.15) is 17.4 Å². The summed E-state index contributed by atoms with van der Waals surface area (Å²) >= 11 is 3.63. The van der Waals surface area contributed by atoms with Crippen LogP contribution in [0.2, 0.25) is 0 Å². The van der Waals surface area contributed by atoms with Gasteiger partial charge in [-0.25, -0.2) is 0 Å². The van der Waals surface area contributed by atoms with Crippen molar-refractivity contribution in [2.24, 2.45) is 0 Å². The van der Waals surface area contributed by atoms with Crippen molar-refractivity contribution in [2.75, 3.05) is 0 Å². The van der Waals surface area contributed by atoms with Crippen LogP contribution in [0.3, 0.4) is 0 Å². The highest BCUT2D eigenvalue weighted by molar-refractivity contribution is 9.09. The fraction of sp³-hybridized carbons (Fsp3) is 0.133. The van der Waals surface area contributed by atoms with Crippen molar-refractivity contribution < 1.29 is 0 Å². The molecule has 0 fully saturated rings. The average Bonchev–Trinajstić information content (AvgIpc) is 2.37. The molecular formula is C15H12BrN. The Kier molecular flexibility index (Phi) is 2.60. The molecule has 84 valence electrons. The maximum absolute atomic E-state index is 4.76. The highest BCUT2D eigenvalue weighted by Crippen LogP contribution is 2.32. The minimum Gasteiger partial charge on any atom is -0.251 e. The van der Waals surface area contributed by atoms with E-state index in [1.54, 1.807) is 0 Å². The molecule has 3 rings (SSSR count). The minimum absolute atomic E-state index is 0.261. The number of rotatable bonds is 1. The molecule has 0 saturated carbocycles. The Morgan fingerprint density at radius 3 is 2.18 bits per heavy atom. The van der Waals surface area contributed by atoms with Crippen molar-refractivity contribution in [3.63, 3.8) is 0 Å². The average molecular weight is 286 g/mol. The zero-order chi connectivity index (χ0) is 11.8. The highest BCUT2D eigenvalue weighted by atomic mass is 79.9. The molecule has 0 aliphatic rings. The van der Waals surface area contributed by atoms with E-state index in [4.69, 9.17) is 4.98 Å². The van der Waals surface area contributed by atoms with E-state index >= 15 is 0 Å². The third-order valence-electron chi connectivity index (χ3n) is 3.01. The Morgan fingerprint density at radius 2 is 1.47 bits per heavy atom. The second-order valence-electron chi connectivity index (χ2n) is 4.18. The number of fused-ring (bicyclic) bond motifs is 3. The maximum Gasteiger partial charge on any atom is 0.0712 e. The summed E-state index contributed by atoms with van der Waals surface area (Å²) in [6.07, 6.45) is 0. The third kappa shape index (κ3) is 1.73. The van der Waals surface area contributed by atoms with Gasteiger partial charge in [-0.15, -0.1) is 0 Å². The van der Waals surface area contributed by atoms with E-state index in [-0.39, 0.29) is 4.83 Å². The van der Waals surface area contributed by atoms with Gasteiger partial charge in [-0.1, -0.05) is 58.4 Å².